The number of carbonyl (C=O) groups is 2. The number of fused-ring (bicyclic) bond motifs is 1. The number of benzene rings is 2. The van der Waals surface area contributed by atoms with E-state index in [1.165, 1.54) is 6.07 Å². The van der Waals surface area contributed by atoms with Crippen molar-refractivity contribution in [3.63, 3.8) is 0 Å². The van der Waals surface area contributed by atoms with Crippen LogP contribution >= 0.6 is 0 Å². The van der Waals surface area contributed by atoms with E-state index in [-0.39, 0.29) is 12.3 Å². The summed E-state index contributed by atoms with van der Waals surface area (Å²) >= 11 is 0. The molecule has 0 bridgehead atoms. The lowest BCUT2D eigenvalue weighted by Gasteiger charge is -2.07. The van der Waals surface area contributed by atoms with Crippen molar-refractivity contribution in [2.24, 2.45) is 0 Å². The van der Waals surface area contributed by atoms with Crippen LogP contribution in [0.5, 0.6) is 0 Å². The minimum atomic E-state index is -0.473. The van der Waals surface area contributed by atoms with Gasteiger partial charge in [-0.25, -0.2) is 0 Å². The molecule has 0 unspecified atom stereocenters. The summed E-state index contributed by atoms with van der Waals surface area (Å²) in [6.07, 6.45) is 1.92. The molecule has 1 aromatic heterocycles. The van der Waals surface area contributed by atoms with Gasteiger partial charge < -0.3 is 4.98 Å². The van der Waals surface area contributed by atoms with Crippen LogP contribution in [0.25, 0.3) is 10.9 Å². The first-order valence-corrected chi connectivity index (χ1v) is 7.32. The van der Waals surface area contributed by atoms with Crippen molar-refractivity contribution in [1.82, 2.24) is 15.8 Å². The van der Waals surface area contributed by atoms with Gasteiger partial charge in [0.25, 0.3) is 5.91 Å². The zero-order valence-electron chi connectivity index (χ0n) is 12.7. The quantitative estimate of drug-likeness (QED) is 0.645. The predicted molar refractivity (Wildman–Crippen MR) is 88.8 cm³/mol. The van der Waals surface area contributed by atoms with Crippen LogP contribution in [0.2, 0.25) is 0 Å². The maximum Gasteiger partial charge on any atom is 0.269 e. The van der Waals surface area contributed by atoms with Crippen LogP contribution < -0.4 is 10.9 Å². The van der Waals surface area contributed by atoms with Crippen molar-refractivity contribution >= 4 is 22.7 Å². The Morgan fingerprint density at radius 2 is 1.92 bits per heavy atom. The zero-order valence-corrected chi connectivity index (χ0v) is 12.7. The summed E-state index contributed by atoms with van der Waals surface area (Å²) in [7, 11) is 0. The largest absolute Gasteiger partial charge is 0.361 e. The summed E-state index contributed by atoms with van der Waals surface area (Å²) < 4.78 is 0. The molecule has 0 saturated heterocycles. The van der Waals surface area contributed by atoms with E-state index in [9.17, 15) is 9.59 Å². The number of hydrogen-bond acceptors (Lipinski definition) is 3. The van der Waals surface area contributed by atoms with Crippen molar-refractivity contribution < 1.29 is 9.59 Å². The number of nitrogens with zero attached hydrogens (tertiary/aromatic N) is 1. The number of carbonyl (C=O) groups excluding carboxylic acids is 2. The van der Waals surface area contributed by atoms with E-state index in [2.05, 4.69) is 15.8 Å². The lowest BCUT2D eigenvalue weighted by molar-refractivity contribution is -0.121. The maximum absolute atomic E-state index is 12.0. The highest BCUT2D eigenvalue weighted by atomic mass is 16.2. The Bertz CT molecular complexity index is 953. The molecule has 6 heteroatoms. The van der Waals surface area contributed by atoms with Crippen LogP contribution in [0.4, 0.5) is 0 Å². The van der Waals surface area contributed by atoms with Crippen molar-refractivity contribution in [1.29, 1.82) is 5.26 Å². The molecular weight excluding hydrogens is 304 g/mol. The Morgan fingerprint density at radius 1 is 1.08 bits per heavy atom. The van der Waals surface area contributed by atoms with Crippen LogP contribution in [0.15, 0.2) is 54.7 Å². The number of nitriles is 1. The Kier molecular flexibility index (Phi) is 4.25. The molecule has 3 rings (SSSR count). The standard InChI is InChI=1S/C18H14N4O2/c19-10-12-4-3-5-13(8-12)18(24)22-21-17(23)9-14-11-20-16-7-2-1-6-15(14)16/h1-8,11,20H,9H2,(H,21,23)(H,22,24). The minimum Gasteiger partial charge on any atom is -0.361 e. The van der Waals surface area contributed by atoms with Gasteiger partial charge in [-0.15, -0.1) is 0 Å². The fraction of sp³-hybridized carbons (Fsp3) is 0.0556. The van der Waals surface area contributed by atoms with Crippen LogP contribution in [-0.2, 0) is 11.2 Å². The number of hydrogen-bond donors (Lipinski definition) is 3. The fourth-order valence-corrected chi connectivity index (χ4v) is 2.42. The highest BCUT2D eigenvalue weighted by Gasteiger charge is 2.11. The Morgan fingerprint density at radius 3 is 2.75 bits per heavy atom. The van der Waals surface area contributed by atoms with Gasteiger partial charge in [-0.3, -0.25) is 20.4 Å². The van der Waals surface area contributed by atoms with Gasteiger partial charge in [0.2, 0.25) is 5.91 Å². The number of para-hydroxylation sites is 1. The van der Waals surface area contributed by atoms with E-state index < -0.39 is 5.91 Å². The number of amides is 2. The summed E-state index contributed by atoms with van der Waals surface area (Å²) in [5, 5.41) is 9.81. The SMILES string of the molecule is N#Cc1cccc(C(=O)NNC(=O)Cc2c[nH]c3ccccc23)c1. The number of nitrogens with one attached hydrogen (secondary N) is 3. The molecule has 0 saturated carbocycles. The molecule has 24 heavy (non-hydrogen) atoms. The first-order chi connectivity index (χ1) is 11.7. The summed E-state index contributed by atoms with van der Waals surface area (Å²) in [5.74, 6) is -0.802. The lowest BCUT2D eigenvalue weighted by atomic mass is 10.1. The maximum atomic E-state index is 12.0. The number of hydrazine groups is 1. The van der Waals surface area contributed by atoms with Crippen LogP contribution in [0.3, 0.4) is 0 Å². The van der Waals surface area contributed by atoms with Gasteiger partial charge in [0.1, 0.15) is 0 Å². The Balaban J connectivity index is 1.61. The van der Waals surface area contributed by atoms with E-state index in [1.807, 2.05) is 30.3 Å². The molecule has 3 N–H and O–H groups in total. The van der Waals surface area contributed by atoms with Gasteiger partial charge in [-0.1, -0.05) is 24.3 Å². The summed E-state index contributed by atoms with van der Waals surface area (Å²) in [6, 6.07) is 15.9. The molecule has 0 fully saturated rings. The minimum absolute atomic E-state index is 0.141. The molecule has 6 nitrogen and oxygen atoms in total. The van der Waals surface area contributed by atoms with Gasteiger partial charge in [0.15, 0.2) is 0 Å². The van der Waals surface area contributed by atoms with Crippen molar-refractivity contribution in [2.45, 2.75) is 6.42 Å². The average Bonchev–Trinajstić information content (AvgIpc) is 3.03. The molecule has 0 aliphatic rings. The number of aromatic nitrogens is 1. The monoisotopic (exact) mass is 318 g/mol. The van der Waals surface area contributed by atoms with Gasteiger partial charge in [-0.2, -0.15) is 5.26 Å². The van der Waals surface area contributed by atoms with E-state index >= 15 is 0 Å². The summed E-state index contributed by atoms with van der Waals surface area (Å²) in [5.41, 5.74) is 7.23. The van der Waals surface area contributed by atoms with E-state index in [4.69, 9.17) is 5.26 Å². The van der Waals surface area contributed by atoms with Gasteiger partial charge in [0.05, 0.1) is 18.1 Å². The number of aromatic amines is 1. The van der Waals surface area contributed by atoms with Crippen LogP contribution in [-0.4, -0.2) is 16.8 Å². The highest BCUT2D eigenvalue weighted by molar-refractivity contribution is 5.96. The Labute approximate surface area is 138 Å². The molecule has 0 aliphatic heterocycles. The third-order valence-corrected chi connectivity index (χ3v) is 3.60. The van der Waals surface area contributed by atoms with Gasteiger partial charge in [-0.05, 0) is 29.8 Å². The summed E-state index contributed by atoms with van der Waals surface area (Å²) in [6.45, 7) is 0. The van der Waals surface area contributed by atoms with Gasteiger partial charge >= 0.3 is 0 Å². The van der Waals surface area contributed by atoms with E-state index in [0.717, 1.165) is 16.5 Å². The van der Waals surface area contributed by atoms with Crippen molar-refractivity contribution in [3.8, 4) is 6.07 Å². The number of H-pyrrole nitrogens is 1. The molecule has 0 atom stereocenters. The second-order valence-corrected chi connectivity index (χ2v) is 5.23. The first-order valence-electron chi connectivity index (χ1n) is 7.32. The fourth-order valence-electron chi connectivity index (χ4n) is 2.42. The van der Waals surface area contributed by atoms with Crippen LogP contribution in [0.1, 0.15) is 21.5 Å². The van der Waals surface area contributed by atoms with Crippen molar-refractivity contribution in [3.05, 3.63) is 71.4 Å². The lowest BCUT2D eigenvalue weighted by Crippen LogP contribution is -2.42. The van der Waals surface area contributed by atoms with E-state index in [0.29, 0.717) is 11.1 Å². The molecule has 2 aromatic carbocycles. The van der Waals surface area contributed by atoms with E-state index in [1.54, 1.807) is 24.4 Å². The molecule has 0 radical (unpaired) electrons. The smallest absolute Gasteiger partial charge is 0.269 e. The molecule has 1 heterocycles. The normalized spacial score (nSPS) is 10.1. The van der Waals surface area contributed by atoms with Crippen molar-refractivity contribution in [2.75, 3.05) is 0 Å². The first kappa shape index (κ1) is 15.3. The second-order valence-electron chi connectivity index (χ2n) is 5.23. The predicted octanol–water partition coefficient (Wildman–Crippen LogP) is 2.04. The highest BCUT2D eigenvalue weighted by Crippen LogP contribution is 2.17. The average molecular weight is 318 g/mol. The van der Waals surface area contributed by atoms with Crippen LogP contribution in [0, 0.1) is 11.3 Å². The zero-order chi connectivity index (χ0) is 16.9. The molecule has 118 valence electrons. The molecule has 3 aromatic rings. The summed E-state index contributed by atoms with van der Waals surface area (Å²) in [4.78, 5) is 27.1. The molecule has 0 spiro atoms. The molecule has 0 aliphatic carbocycles. The Hall–Kier alpha value is -3.59. The molecular formula is C18H14N4O2. The topological polar surface area (TPSA) is 97.8 Å². The van der Waals surface area contributed by atoms with Gasteiger partial charge in [0, 0.05) is 22.7 Å². The number of rotatable bonds is 3. The third-order valence-electron chi connectivity index (χ3n) is 3.60. The molecule has 2 amide bonds. The third kappa shape index (κ3) is 3.25. The second kappa shape index (κ2) is 6.67.